The Kier molecular flexibility index (Phi) is 3.25. The second-order valence-corrected chi connectivity index (χ2v) is 7.37. The number of amides is 1. The van der Waals surface area contributed by atoms with Gasteiger partial charge >= 0.3 is 0 Å². The van der Waals surface area contributed by atoms with Crippen LogP contribution in [0.5, 0.6) is 0 Å². The summed E-state index contributed by atoms with van der Waals surface area (Å²) in [5.41, 5.74) is 1.14. The fourth-order valence-electron chi connectivity index (χ4n) is 3.14. The number of nitrogens with one attached hydrogen (secondary N) is 1. The molecule has 1 aromatic carbocycles. The molecule has 0 aliphatic heterocycles. The van der Waals surface area contributed by atoms with E-state index in [9.17, 15) is 4.79 Å². The van der Waals surface area contributed by atoms with Crippen molar-refractivity contribution in [2.75, 3.05) is 0 Å². The van der Waals surface area contributed by atoms with E-state index >= 15 is 0 Å². The van der Waals surface area contributed by atoms with E-state index in [0.717, 1.165) is 37.2 Å². The van der Waals surface area contributed by atoms with Gasteiger partial charge in [-0.3, -0.25) is 4.79 Å². The molecule has 5 heteroatoms. The molecule has 1 amide bonds. The Balaban J connectivity index is 1.61. The van der Waals surface area contributed by atoms with Gasteiger partial charge < -0.3 is 5.32 Å². The van der Waals surface area contributed by atoms with E-state index in [0.29, 0.717) is 11.7 Å². The minimum Gasteiger partial charge on any atom is -0.346 e. The summed E-state index contributed by atoms with van der Waals surface area (Å²) in [5, 5.41) is 7.59. The van der Waals surface area contributed by atoms with Crippen molar-refractivity contribution in [2.45, 2.75) is 51.5 Å². The van der Waals surface area contributed by atoms with Gasteiger partial charge in [0, 0.05) is 12.0 Å². The molecule has 1 aromatic heterocycles. The topological polar surface area (TPSA) is 59.8 Å². The molecule has 1 heterocycles. The van der Waals surface area contributed by atoms with E-state index in [1.807, 2.05) is 35.0 Å². The molecular weight excluding hydrogens is 288 g/mol. The maximum Gasteiger partial charge on any atom is 0.291 e. The van der Waals surface area contributed by atoms with Crippen molar-refractivity contribution in [1.82, 2.24) is 20.1 Å². The fourth-order valence-corrected chi connectivity index (χ4v) is 3.14. The molecule has 0 saturated heterocycles. The van der Waals surface area contributed by atoms with Crippen LogP contribution in [-0.4, -0.2) is 26.7 Å². The Labute approximate surface area is 136 Å². The van der Waals surface area contributed by atoms with Crippen LogP contribution in [0.4, 0.5) is 0 Å². The number of carbonyl (C=O) groups excluding carboxylic acids is 1. The summed E-state index contributed by atoms with van der Waals surface area (Å²) in [6.45, 7) is 4.38. The van der Waals surface area contributed by atoms with Crippen molar-refractivity contribution >= 4 is 5.91 Å². The SMILES string of the molecule is CC1(C)CCC1NC(=O)c1nc(C2CC2)n(-c2ccccc2)n1. The third-order valence-corrected chi connectivity index (χ3v) is 5.10. The van der Waals surface area contributed by atoms with Crippen molar-refractivity contribution < 1.29 is 4.79 Å². The standard InChI is InChI=1S/C18H22N4O/c1-18(2)11-10-14(18)19-17(23)15-20-16(12-8-9-12)22(21-15)13-6-4-3-5-7-13/h3-7,12,14H,8-11H2,1-2H3,(H,19,23). The number of rotatable bonds is 4. The molecule has 2 saturated carbocycles. The van der Waals surface area contributed by atoms with Crippen LogP contribution in [-0.2, 0) is 0 Å². The molecule has 23 heavy (non-hydrogen) atoms. The molecule has 0 bridgehead atoms. The summed E-state index contributed by atoms with van der Waals surface area (Å²) in [7, 11) is 0. The van der Waals surface area contributed by atoms with Gasteiger partial charge in [0.1, 0.15) is 5.82 Å². The quantitative estimate of drug-likeness (QED) is 0.944. The molecule has 2 aliphatic rings. The molecule has 2 aromatic rings. The van der Waals surface area contributed by atoms with Gasteiger partial charge in [-0.15, -0.1) is 5.10 Å². The van der Waals surface area contributed by atoms with E-state index in [4.69, 9.17) is 0 Å². The lowest BCUT2D eigenvalue weighted by molar-refractivity contribution is 0.0723. The largest absolute Gasteiger partial charge is 0.346 e. The number of benzene rings is 1. The first kappa shape index (κ1) is 14.4. The molecule has 2 aliphatic carbocycles. The molecule has 1 atom stereocenters. The predicted molar refractivity (Wildman–Crippen MR) is 87.6 cm³/mol. The Morgan fingerprint density at radius 3 is 2.52 bits per heavy atom. The summed E-state index contributed by atoms with van der Waals surface area (Å²) in [6.07, 6.45) is 4.44. The number of nitrogens with zero attached hydrogens (tertiary/aromatic N) is 3. The molecule has 120 valence electrons. The van der Waals surface area contributed by atoms with Crippen LogP contribution in [0.2, 0.25) is 0 Å². The van der Waals surface area contributed by atoms with Gasteiger partial charge in [-0.1, -0.05) is 32.0 Å². The Morgan fingerprint density at radius 2 is 1.96 bits per heavy atom. The highest BCUT2D eigenvalue weighted by Crippen LogP contribution is 2.41. The number of para-hydroxylation sites is 1. The van der Waals surface area contributed by atoms with Gasteiger partial charge in [-0.25, -0.2) is 9.67 Å². The average molecular weight is 310 g/mol. The lowest BCUT2D eigenvalue weighted by atomic mass is 9.67. The van der Waals surface area contributed by atoms with Gasteiger partial charge in [0.05, 0.1) is 5.69 Å². The second kappa shape index (κ2) is 5.18. The van der Waals surface area contributed by atoms with Crippen molar-refractivity contribution in [1.29, 1.82) is 0 Å². The third kappa shape index (κ3) is 2.64. The van der Waals surface area contributed by atoms with Crippen LogP contribution < -0.4 is 5.32 Å². The normalized spacial score (nSPS) is 22.4. The van der Waals surface area contributed by atoms with Gasteiger partial charge in [-0.2, -0.15) is 0 Å². The third-order valence-electron chi connectivity index (χ3n) is 5.10. The zero-order valence-corrected chi connectivity index (χ0v) is 13.6. The molecular formula is C18H22N4O. The first-order chi connectivity index (χ1) is 11.0. The van der Waals surface area contributed by atoms with Crippen LogP contribution in [0.1, 0.15) is 61.9 Å². The smallest absolute Gasteiger partial charge is 0.291 e. The van der Waals surface area contributed by atoms with Crippen LogP contribution >= 0.6 is 0 Å². The van der Waals surface area contributed by atoms with Crippen LogP contribution in [0.15, 0.2) is 30.3 Å². The van der Waals surface area contributed by atoms with Crippen LogP contribution in [0.25, 0.3) is 5.69 Å². The van der Waals surface area contributed by atoms with E-state index in [-0.39, 0.29) is 17.4 Å². The summed E-state index contributed by atoms with van der Waals surface area (Å²) in [6, 6.07) is 10.1. The summed E-state index contributed by atoms with van der Waals surface area (Å²) < 4.78 is 1.83. The number of hydrogen-bond donors (Lipinski definition) is 1. The van der Waals surface area contributed by atoms with Crippen molar-refractivity contribution in [3.05, 3.63) is 42.0 Å². The van der Waals surface area contributed by atoms with Gasteiger partial charge in [0.15, 0.2) is 0 Å². The number of hydrogen-bond acceptors (Lipinski definition) is 3. The summed E-state index contributed by atoms with van der Waals surface area (Å²) >= 11 is 0. The predicted octanol–water partition coefficient (Wildman–Crippen LogP) is 3.06. The van der Waals surface area contributed by atoms with Gasteiger partial charge in [0.2, 0.25) is 5.82 Å². The zero-order valence-electron chi connectivity index (χ0n) is 13.6. The van der Waals surface area contributed by atoms with Crippen LogP contribution in [0, 0.1) is 5.41 Å². The lowest BCUT2D eigenvalue weighted by Gasteiger charge is -2.44. The Bertz CT molecular complexity index is 731. The van der Waals surface area contributed by atoms with E-state index in [1.165, 1.54) is 0 Å². The minimum atomic E-state index is -0.153. The number of aromatic nitrogens is 3. The van der Waals surface area contributed by atoms with Crippen molar-refractivity contribution in [3.8, 4) is 5.69 Å². The van der Waals surface area contributed by atoms with E-state index < -0.39 is 0 Å². The number of carbonyl (C=O) groups is 1. The molecule has 0 spiro atoms. The summed E-state index contributed by atoms with van der Waals surface area (Å²) in [5.74, 6) is 1.48. The van der Waals surface area contributed by atoms with Crippen LogP contribution in [0.3, 0.4) is 0 Å². The maximum atomic E-state index is 12.5. The second-order valence-electron chi connectivity index (χ2n) is 7.37. The Hall–Kier alpha value is -2.17. The molecule has 0 radical (unpaired) electrons. The average Bonchev–Trinajstić information content (AvgIpc) is 3.30. The highest BCUT2D eigenvalue weighted by atomic mass is 16.2. The Morgan fingerprint density at radius 1 is 1.22 bits per heavy atom. The first-order valence-corrected chi connectivity index (χ1v) is 8.38. The fraction of sp³-hybridized carbons (Fsp3) is 0.500. The molecule has 4 rings (SSSR count). The maximum absolute atomic E-state index is 12.5. The molecule has 5 nitrogen and oxygen atoms in total. The molecule has 1 N–H and O–H groups in total. The monoisotopic (exact) mass is 310 g/mol. The highest BCUT2D eigenvalue weighted by molar-refractivity contribution is 5.90. The van der Waals surface area contributed by atoms with Crippen molar-refractivity contribution in [3.63, 3.8) is 0 Å². The van der Waals surface area contributed by atoms with Gasteiger partial charge in [0.25, 0.3) is 5.91 Å². The van der Waals surface area contributed by atoms with Crippen molar-refractivity contribution in [2.24, 2.45) is 5.41 Å². The molecule has 1 unspecified atom stereocenters. The highest BCUT2D eigenvalue weighted by Gasteiger charge is 2.40. The summed E-state index contributed by atoms with van der Waals surface area (Å²) in [4.78, 5) is 17.1. The van der Waals surface area contributed by atoms with E-state index in [2.05, 4.69) is 29.2 Å². The zero-order chi connectivity index (χ0) is 16.0. The van der Waals surface area contributed by atoms with E-state index in [1.54, 1.807) is 0 Å². The van der Waals surface area contributed by atoms with Gasteiger partial charge in [-0.05, 0) is 43.2 Å². The first-order valence-electron chi connectivity index (χ1n) is 8.38. The minimum absolute atomic E-state index is 0.153. The molecule has 2 fully saturated rings. The lowest BCUT2D eigenvalue weighted by Crippen LogP contribution is -2.52.